The minimum atomic E-state index is -2.86. The van der Waals surface area contributed by atoms with Crippen LogP contribution in [0.15, 0.2) is 91.0 Å². The van der Waals surface area contributed by atoms with E-state index in [0.29, 0.717) is 12.8 Å². The first-order chi connectivity index (χ1) is 15.2. The molecule has 1 aliphatic carbocycles. The van der Waals surface area contributed by atoms with Crippen molar-refractivity contribution < 1.29 is 19.1 Å². The second-order valence-electron chi connectivity index (χ2n) is 8.41. The van der Waals surface area contributed by atoms with E-state index in [9.17, 15) is 9.90 Å². The summed E-state index contributed by atoms with van der Waals surface area (Å²) in [5, 5.41) is 13.7. The molecule has 158 valence electrons. The van der Waals surface area contributed by atoms with E-state index < -0.39 is 8.32 Å². The highest BCUT2D eigenvalue weighted by Crippen LogP contribution is 2.43. The van der Waals surface area contributed by atoms with Crippen LogP contribution in [0.25, 0.3) is 0 Å². The van der Waals surface area contributed by atoms with Crippen molar-refractivity contribution in [3.63, 3.8) is 0 Å². The molecule has 1 N–H and O–H groups in total. The second-order valence-corrected chi connectivity index (χ2v) is 11.7. The Hall–Kier alpha value is -2.73. The lowest BCUT2D eigenvalue weighted by atomic mass is 9.93. The molecule has 1 saturated carbocycles. The van der Waals surface area contributed by atoms with Crippen LogP contribution in [0.1, 0.15) is 12.8 Å². The summed E-state index contributed by atoms with van der Waals surface area (Å²) in [6.45, 7) is -0.00861. The lowest BCUT2D eigenvalue weighted by Crippen LogP contribution is -2.70. The second kappa shape index (κ2) is 8.42. The molecule has 31 heavy (non-hydrogen) atoms. The van der Waals surface area contributed by atoms with E-state index in [-0.39, 0.29) is 36.6 Å². The Labute approximate surface area is 183 Å². The smallest absolute Gasteiger partial charge is 0.306 e. The Balaban J connectivity index is 1.65. The van der Waals surface area contributed by atoms with E-state index in [4.69, 9.17) is 9.16 Å². The van der Waals surface area contributed by atoms with E-state index >= 15 is 0 Å². The highest BCUT2D eigenvalue weighted by Gasteiger charge is 2.54. The molecule has 1 unspecified atom stereocenters. The van der Waals surface area contributed by atoms with E-state index in [1.807, 2.05) is 18.2 Å². The molecular weight excluding hydrogens is 404 g/mol. The summed E-state index contributed by atoms with van der Waals surface area (Å²) in [7, 11) is -2.86. The van der Waals surface area contributed by atoms with Gasteiger partial charge in [0.1, 0.15) is 6.10 Å². The summed E-state index contributed by atoms with van der Waals surface area (Å²) < 4.78 is 12.8. The molecule has 2 fully saturated rings. The third-order valence-corrected chi connectivity index (χ3v) is 10.8. The van der Waals surface area contributed by atoms with Crippen molar-refractivity contribution in [3.05, 3.63) is 91.0 Å². The van der Waals surface area contributed by atoms with Crippen molar-refractivity contribution in [3.8, 4) is 0 Å². The van der Waals surface area contributed by atoms with Gasteiger partial charge in [-0.15, -0.1) is 0 Å². The Morgan fingerprint density at radius 1 is 0.839 bits per heavy atom. The predicted molar refractivity (Wildman–Crippen MR) is 122 cm³/mol. The van der Waals surface area contributed by atoms with Crippen LogP contribution in [0.4, 0.5) is 0 Å². The monoisotopic (exact) mass is 430 g/mol. The molecule has 0 spiro atoms. The number of carbonyl (C=O) groups excluding carboxylic acids is 1. The number of benzene rings is 3. The molecular formula is C26H26O4Si. The summed E-state index contributed by atoms with van der Waals surface area (Å²) >= 11 is 0. The average molecular weight is 431 g/mol. The van der Waals surface area contributed by atoms with Gasteiger partial charge in [-0.3, -0.25) is 4.79 Å². The van der Waals surface area contributed by atoms with Crippen molar-refractivity contribution in [2.45, 2.75) is 25.0 Å². The fraction of sp³-hybridized carbons (Fsp3) is 0.269. The van der Waals surface area contributed by atoms with E-state index in [0.717, 1.165) is 15.6 Å². The van der Waals surface area contributed by atoms with Gasteiger partial charge in [0, 0.05) is 24.9 Å². The summed E-state index contributed by atoms with van der Waals surface area (Å²) in [4.78, 5) is 11.8. The quantitative estimate of drug-likeness (QED) is 0.369. The first kappa shape index (κ1) is 20.2. The number of ether oxygens (including phenoxy) is 1. The Kier molecular flexibility index (Phi) is 5.48. The number of esters is 1. The van der Waals surface area contributed by atoms with Crippen LogP contribution in [0, 0.1) is 11.8 Å². The maximum Gasteiger partial charge on any atom is 0.306 e. The molecule has 0 aromatic heterocycles. The first-order valence-electron chi connectivity index (χ1n) is 10.9. The highest BCUT2D eigenvalue weighted by atomic mass is 28.4. The number of aliphatic hydroxyl groups excluding tert-OH is 1. The summed E-state index contributed by atoms with van der Waals surface area (Å²) in [6, 6.07) is 31.3. The topological polar surface area (TPSA) is 55.8 Å². The van der Waals surface area contributed by atoms with Gasteiger partial charge in [0.15, 0.2) is 0 Å². The first-order valence-corrected chi connectivity index (χ1v) is 12.8. The average Bonchev–Trinajstić information content (AvgIpc) is 3.34. The van der Waals surface area contributed by atoms with Crippen molar-refractivity contribution in [2.75, 3.05) is 6.61 Å². The normalized spacial score (nSPS) is 25.3. The maximum atomic E-state index is 11.8. The van der Waals surface area contributed by atoms with Crippen LogP contribution in [0.5, 0.6) is 0 Å². The molecule has 0 radical (unpaired) electrons. The third-order valence-electron chi connectivity index (χ3n) is 6.73. The van der Waals surface area contributed by atoms with Gasteiger partial charge < -0.3 is 14.3 Å². The molecule has 4 nitrogen and oxygen atoms in total. The Bertz CT molecular complexity index is 928. The standard InChI is InChI=1S/C26H26O4Si/c27-18-23-22-16-26(28)29-24(22)17-25(23)30-31(19-10-4-1-5-11-19,20-12-6-2-7-13-20)21-14-8-3-9-15-21/h1-15,22-25,27H,16-18H2/t22?,23-,24+,25-/m1/s1. The summed E-state index contributed by atoms with van der Waals surface area (Å²) in [5.74, 6) is -0.249. The van der Waals surface area contributed by atoms with Gasteiger partial charge in [-0.1, -0.05) is 91.0 Å². The van der Waals surface area contributed by atoms with Crippen molar-refractivity contribution in [1.82, 2.24) is 0 Å². The highest BCUT2D eigenvalue weighted by molar-refractivity contribution is 7.07. The molecule has 5 heteroatoms. The van der Waals surface area contributed by atoms with Crippen LogP contribution in [0.2, 0.25) is 0 Å². The third kappa shape index (κ3) is 3.53. The van der Waals surface area contributed by atoms with Gasteiger partial charge in [-0.2, -0.15) is 0 Å². The van der Waals surface area contributed by atoms with Crippen molar-refractivity contribution in [1.29, 1.82) is 0 Å². The molecule has 0 amide bonds. The molecule has 3 aromatic rings. The molecule has 1 heterocycles. The molecule has 1 aliphatic heterocycles. The maximum absolute atomic E-state index is 11.8. The minimum absolute atomic E-state index is 0.00861. The zero-order valence-corrected chi connectivity index (χ0v) is 18.3. The lowest BCUT2D eigenvalue weighted by Gasteiger charge is -2.37. The predicted octanol–water partition coefficient (Wildman–Crippen LogP) is 1.98. The van der Waals surface area contributed by atoms with Crippen LogP contribution in [-0.2, 0) is 14.0 Å². The fourth-order valence-electron chi connectivity index (χ4n) is 5.30. The van der Waals surface area contributed by atoms with Gasteiger partial charge in [-0.25, -0.2) is 0 Å². The number of hydrogen-bond donors (Lipinski definition) is 1. The number of carbonyl (C=O) groups is 1. The molecule has 5 rings (SSSR count). The lowest BCUT2D eigenvalue weighted by molar-refractivity contribution is -0.141. The van der Waals surface area contributed by atoms with E-state index in [1.54, 1.807) is 0 Å². The Morgan fingerprint density at radius 3 is 1.77 bits per heavy atom. The van der Waals surface area contributed by atoms with E-state index in [2.05, 4.69) is 72.8 Å². The molecule has 2 aliphatic rings. The molecule has 0 bridgehead atoms. The van der Waals surface area contributed by atoms with E-state index in [1.165, 1.54) is 0 Å². The number of rotatable bonds is 6. The fourth-order valence-corrected chi connectivity index (χ4v) is 9.41. The van der Waals surface area contributed by atoms with Crippen LogP contribution in [-0.4, -0.2) is 38.2 Å². The van der Waals surface area contributed by atoms with Gasteiger partial charge in [0.25, 0.3) is 8.32 Å². The SMILES string of the molecule is O=C1CC2[C@H](C[C@@H](O[Si](c3ccccc3)(c3ccccc3)c3ccccc3)[C@@H]2CO)O1. The van der Waals surface area contributed by atoms with Crippen LogP contribution >= 0.6 is 0 Å². The van der Waals surface area contributed by atoms with Gasteiger partial charge in [0.05, 0.1) is 12.5 Å². The van der Waals surface area contributed by atoms with Crippen molar-refractivity contribution >= 4 is 29.8 Å². The number of fused-ring (bicyclic) bond motifs is 1. The van der Waals surface area contributed by atoms with Gasteiger partial charge in [0.2, 0.25) is 0 Å². The molecule has 1 saturated heterocycles. The zero-order valence-electron chi connectivity index (χ0n) is 17.3. The summed E-state index contributed by atoms with van der Waals surface area (Å²) in [5.41, 5.74) is 0. The number of aliphatic hydroxyl groups is 1. The largest absolute Gasteiger partial charge is 0.462 e. The van der Waals surface area contributed by atoms with Crippen molar-refractivity contribution in [2.24, 2.45) is 11.8 Å². The summed E-state index contributed by atoms with van der Waals surface area (Å²) in [6.07, 6.45) is 0.652. The Morgan fingerprint density at radius 2 is 1.32 bits per heavy atom. The molecule has 3 aromatic carbocycles. The van der Waals surface area contributed by atoms with Gasteiger partial charge in [-0.05, 0) is 15.6 Å². The van der Waals surface area contributed by atoms with Crippen LogP contribution in [0.3, 0.4) is 0 Å². The zero-order chi connectivity index (χ0) is 21.3. The molecule has 4 atom stereocenters. The van der Waals surface area contributed by atoms with Gasteiger partial charge >= 0.3 is 5.97 Å². The van der Waals surface area contributed by atoms with Crippen LogP contribution < -0.4 is 15.6 Å². The number of hydrogen-bond acceptors (Lipinski definition) is 4. The minimum Gasteiger partial charge on any atom is -0.462 e.